The number of hydrogen-bond donors (Lipinski definition) is 0. The van der Waals surface area contributed by atoms with Crippen molar-refractivity contribution in [3.8, 4) is 0 Å². The van der Waals surface area contributed by atoms with E-state index in [0.717, 1.165) is 23.9 Å². The van der Waals surface area contributed by atoms with Crippen LogP contribution in [0, 0.1) is 23.3 Å². The van der Waals surface area contributed by atoms with Gasteiger partial charge in [0.15, 0.2) is 17.3 Å². The molecule has 0 radical (unpaired) electrons. The lowest BCUT2D eigenvalue weighted by molar-refractivity contribution is -0.140. The number of anilines is 2. The topological polar surface area (TPSA) is 38.1 Å². The smallest absolute Gasteiger partial charge is 0.278 e. The molecule has 0 saturated carbocycles. The quantitative estimate of drug-likeness (QED) is 0.385. The number of carbonyl (C=O) groups excluding carboxylic acids is 1. The van der Waals surface area contributed by atoms with Gasteiger partial charge < -0.3 is 0 Å². The van der Waals surface area contributed by atoms with E-state index >= 15 is 0 Å². The summed E-state index contributed by atoms with van der Waals surface area (Å²) in [6.07, 6.45) is -5.33. The Morgan fingerprint density at radius 1 is 0.967 bits per heavy atom. The fraction of sp³-hybridized carbons (Fsp3) is 0.111. The third-order valence-corrected chi connectivity index (χ3v) is 5.00. The van der Waals surface area contributed by atoms with Gasteiger partial charge in [-0.3, -0.25) is 14.4 Å². The zero-order chi connectivity index (χ0) is 22.2. The van der Waals surface area contributed by atoms with Gasteiger partial charge in [0.1, 0.15) is 28.0 Å². The molecule has 0 aliphatic heterocycles. The molecule has 0 aliphatic carbocycles. The number of nitrogens with zero attached hydrogens (tertiary/aromatic N) is 3. The van der Waals surface area contributed by atoms with Crippen molar-refractivity contribution in [2.75, 3.05) is 4.90 Å². The van der Waals surface area contributed by atoms with Gasteiger partial charge >= 0.3 is 6.18 Å². The number of aromatic nitrogens is 2. The fourth-order valence-electron chi connectivity index (χ4n) is 2.62. The average molecular weight is 449 g/mol. The van der Waals surface area contributed by atoms with Crippen LogP contribution in [-0.2, 0) is 18.0 Å². The Morgan fingerprint density at radius 2 is 1.53 bits per heavy atom. The van der Waals surface area contributed by atoms with Crippen molar-refractivity contribution in [3.63, 3.8) is 0 Å². The summed E-state index contributed by atoms with van der Waals surface area (Å²) in [6, 6.07) is 5.08. The second-order valence-corrected chi connectivity index (χ2v) is 6.94. The minimum Gasteiger partial charge on any atom is -0.278 e. The normalized spacial score (nSPS) is 11.6. The van der Waals surface area contributed by atoms with E-state index in [2.05, 4.69) is 5.10 Å². The first-order valence-corrected chi connectivity index (χ1v) is 8.81. The molecular weight excluding hydrogens is 439 g/mol. The number of amides is 1. The summed E-state index contributed by atoms with van der Waals surface area (Å²) in [4.78, 5) is 12.0. The van der Waals surface area contributed by atoms with E-state index < -0.39 is 46.5 Å². The fourth-order valence-corrected chi connectivity index (χ4v) is 3.58. The molecule has 0 aliphatic rings. The molecule has 0 spiro atoms. The number of benzene rings is 2. The molecule has 0 fully saturated rings. The minimum absolute atomic E-state index is 0.0752. The van der Waals surface area contributed by atoms with Gasteiger partial charge in [0.2, 0.25) is 6.41 Å². The van der Waals surface area contributed by atoms with Crippen LogP contribution in [0.3, 0.4) is 0 Å². The van der Waals surface area contributed by atoms with Gasteiger partial charge in [0.05, 0.1) is 0 Å². The Bertz CT molecular complexity index is 1070. The van der Waals surface area contributed by atoms with Crippen LogP contribution in [0.25, 0.3) is 0 Å². The predicted molar refractivity (Wildman–Crippen MR) is 93.3 cm³/mol. The highest BCUT2D eigenvalue weighted by atomic mass is 32.2. The summed E-state index contributed by atoms with van der Waals surface area (Å²) >= 11 is 0.654. The first-order chi connectivity index (χ1) is 14.0. The van der Waals surface area contributed by atoms with Crippen molar-refractivity contribution in [2.24, 2.45) is 7.05 Å². The lowest BCUT2D eigenvalue weighted by Gasteiger charge is -2.21. The van der Waals surface area contributed by atoms with Gasteiger partial charge in [-0.2, -0.15) is 18.3 Å². The van der Waals surface area contributed by atoms with E-state index in [1.165, 1.54) is 12.1 Å². The summed E-state index contributed by atoms with van der Waals surface area (Å²) < 4.78 is 96.4. The molecule has 1 amide bonds. The van der Waals surface area contributed by atoms with Crippen LogP contribution in [0.2, 0.25) is 0 Å². The third kappa shape index (κ3) is 4.13. The molecule has 30 heavy (non-hydrogen) atoms. The molecule has 158 valence electrons. The second kappa shape index (κ2) is 8.01. The van der Waals surface area contributed by atoms with Crippen molar-refractivity contribution < 1.29 is 35.5 Å². The molecule has 0 unspecified atom stereocenters. The molecule has 4 nitrogen and oxygen atoms in total. The Labute approximate surface area is 168 Å². The third-order valence-electron chi connectivity index (χ3n) is 3.84. The Kier molecular flexibility index (Phi) is 5.79. The highest BCUT2D eigenvalue weighted by Crippen LogP contribution is 2.46. The molecule has 0 atom stereocenters. The maximum Gasteiger partial charge on any atom is 0.437 e. The Hall–Kier alpha value is -3.02. The number of alkyl halides is 3. The average Bonchev–Trinajstić information content (AvgIpc) is 2.96. The standard InChI is InChI=1S/C18H10F7N3OS/c1-27-17(30-11-4-2-9(19)3-5-11)15(16(26-27)18(23,24)25)28(8-29)14-12(21)6-10(20)7-13(14)22/h2-8H,1H3. The van der Waals surface area contributed by atoms with E-state index in [0.29, 0.717) is 11.8 Å². The molecular formula is C18H10F7N3OS. The van der Waals surface area contributed by atoms with Crippen molar-refractivity contribution in [2.45, 2.75) is 16.1 Å². The van der Waals surface area contributed by atoms with Crippen LogP contribution in [0.1, 0.15) is 5.69 Å². The number of hydrogen-bond acceptors (Lipinski definition) is 3. The van der Waals surface area contributed by atoms with Crippen molar-refractivity contribution >= 4 is 29.5 Å². The molecule has 0 saturated heterocycles. The second-order valence-electron chi connectivity index (χ2n) is 5.87. The summed E-state index contributed by atoms with van der Waals surface area (Å²) in [5, 5.41) is 3.03. The molecule has 3 rings (SSSR count). The molecule has 3 aromatic rings. The first-order valence-electron chi connectivity index (χ1n) is 7.99. The van der Waals surface area contributed by atoms with Gasteiger partial charge in [0.25, 0.3) is 0 Å². The summed E-state index contributed by atoms with van der Waals surface area (Å²) in [5.74, 6) is -5.09. The summed E-state index contributed by atoms with van der Waals surface area (Å²) in [5.41, 5.74) is -3.76. The van der Waals surface area contributed by atoms with E-state index in [-0.39, 0.29) is 33.4 Å². The Morgan fingerprint density at radius 3 is 2.03 bits per heavy atom. The maximum atomic E-state index is 14.2. The van der Waals surface area contributed by atoms with Crippen molar-refractivity contribution in [1.82, 2.24) is 9.78 Å². The molecule has 0 N–H and O–H groups in total. The van der Waals surface area contributed by atoms with E-state index in [9.17, 15) is 35.5 Å². The van der Waals surface area contributed by atoms with Crippen molar-refractivity contribution in [3.05, 3.63) is 65.4 Å². The van der Waals surface area contributed by atoms with Gasteiger partial charge in [-0.25, -0.2) is 17.6 Å². The Balaban J connectivity index is 2.25. The van der Waals surface area contributed by atoms with Gasteiger partial charge in [-0.05, 0) is 24.3 Å². The zero-order valence-electron chi connectivity index (χ0n) is 14.8. The van der Waals surface area contributed by atoms with E-state index in [4.69, 9.17) is 0 Å². The van der Waals surface area contributed by atoms with Crippen LogP contribution >= 0.6 is 11.8 Å². The highest BCUT2D eigenvalue weighted by Gasteiger charge is 2.42. The largest absolute Gasteiger partial charge is 0.437 e. The summed E-state index contributed by atoms with van der Waals surface area (Å²) in [7, 11) is 1.13. The molecule has 1 heterocycles. The van der Waals surface area contributed by atoms with Crippen LogP contribution in [0.4, 0.5) is 42.1 Å². The predicted octanol–water partition coefficient (Wildman–Crippen LogP) is 5.44. The number of carbonyl (C=O) groups is 1. The van der Waals surface area contributed by atoms with E-state index in [1.807, 2.05) is 0 Å². The number of rotatable bonds is 5. The number of halogens is 7. The van der Waals surface area contributed by atoms with E-state index in [1.54, 1.807) is 0 Å². The molecule has 2 aromatic carbocycles. The van der Waals surface area contributed by atoms with Crippen LogP contribution in [-0.4, -0.2) is 16.2 Å². The monoisotopic (exact) mass is 449 g/mol. The lowest BCUT2D eigenvalue weighted by atomic mass is 10.2. The number of aryl methyl sites for hydroxylation is 1. The minimum atomic E-state index is -5.09. The molecule has 1 aromatic heterocycles. The first kappa shape index (κ1) is 21.7. The zero-order valence-corrected chi connectivity index (χ0v) is 15.7. The molecule has 12 heteroatoms. The van der Waals surface area contributed by atoms with Crippen LogP contribution < -0.4 is 4.90 Å². The van der Waals surface area contributed by atoms with Gasteiger partial charge in [-0.1, -0.05) is 11.8 Å². The van der Waals surface area contributed by atoms with Crippen LogP contribution in [0.15, 0.2) is 46.3 Å². The van der Waals surface area contributed by atoms with Crippen molar-refractivity contribution in [1.29, 1.82) is 0 Å². The molecule has 0 bridgehead atoms. The maximum absolute atomic E-state index is 14.2. The SMILES string of the molecule is Cn1nc(C(F)(F)F)c(N(C=O)c2c(F)cc(F)cc2F)c1Sc1ccc(F)cc1. The highest BCUT2D eigenvalue weighted by molar-refractivity contribution is 7.99. The van der Waals surface area contributed by atoms with Gasteiger partial charge in [-0.15, -0.1) is 0 Å². The summed E-state index contributed by atoms with van der Waals surface area (Å²) in [6.45, 7) is 0. The lowest BCUT2D eigenvalue weighted by Crippen LogP contribution is -2.21. The van der Waals surface area contributed by atoms with Gasteiger partial charge in [0, 0.05) is 24.1 Å². The van der Waals surface area contributed by atoms with Crippen LogP contribution in [0.5, 0.6) is 0 Å².